The van der Waals surface area contributed by atoms with Crippen LogP contribution in [0.5, 0.6) is 5.75 Å². The second-order valence-electron chi connectivity index (χ2n) is 7.11. The largest absolute Gasteiger partial charge is 0.508 e. The number of carbonyl (C=O) groups excluding carboxylic acids is 1. The zero-order chi connectivity index (χ0) is 20.6. The van der Waals surface area contributed by atoms with E-state index < -0.39 is 5.97 Å². The lowest BCUT2D eigenvalue weighted by Crippen LogP contribution is -2.09. The Morgan fingerprint density at radius 2 is 1.46 bits per heavy atom. The Morgan fingerprint density at radius 3 is 2.11 bits per heavy atom. The fraction of sp³-hybridized carbons (Fsp3) is 0.167. The maximum Gasteiger partial charge on any atom is 0.336 e. The van der Waals surface area contributed by atoms with E-state index in [1.165, 1.54) is 0 Å². The summed E-state index contributed by atoms with van der Waals surface area (Å²) in [7, 11) is 0. The number of aromatic hydroxyl groups is 1. The highest BCUT2D eigenvalue weighted by molar-refractivity contribution is 6.08. The molecule has 0 unspecified atom stereocenters. The van der Waals surface area contributed by atoms with Gasteiger partial charge in [0, 0.05) is 0 Å². The predicted octanol–water partition coefficient (Wildman–Crippen LogP) is 4.98. The van der Waals surface area contributed by atoms with Crippen LogP contribution >= 0.6 is 0 Å². The monoisotopic (exact) mass is 374 g/mol. The van der Waals surface area contributed by atoms with Gasteiger partial charge in [0.15, 0.2) is 5.78 Å². The Bertz CT molecular complexity index is 1100. The first-order valence-electron chi connectivity index (χ1n) is 8.99. The highest BCUT2D eigenvalue weighted by Gasteiger charge is 2.23. The molecule has 0 aliphatic heterocycles. The second kappa shape index (κ2) is 7.31. The highest BCUT2D eigenvalue weighted by Crippen LogP contribution is 2.38. The zero-order valence-corrected chi connectivity index (χ0v) is 16.3. The van der Waals surface area contributed by atoms with Crippen molar-refractivity contribution < 1.29 is 19.8 Å². The minimum absolute atomic E-state index is 0.0503. The molecular weight excluding hydrogens is 352 g/mol. The van der Waals surface area contributed by atoms with Gasteiger partial charge >= 0.3 is 5.97 Å². The molecule has 2 aromatic carbocycles. The van der Waals surface area contributed by atoms with Crippen molar-refractivity contribution in [3.63, 3.8) is 0 Å². The Hall–Kier alpha value is -3.40. The zero-order valence-electron chi connectivity index (χ0n) is 16.3. The van der Waals surface area contributed by atoms with Crippen molar-refractivity contribution >= 4 is 17.3 Å². The Labute approximate surface area is 164 Å². The molecule has 0 aromatic heterocycles. The number of allylic oxidation sites excluding steroid dienone is 5. The molecule has 0 saturated heterocycles. The lowest BCUT2D eigenvalue weighted by Gasteiger charge is -2.21. The van der Waals surface area contributed by atoms with Gasteiger partial charge in [0.05, 0.1) is 5.56 Å². The molecule has 0 spiro atoms. The van der Waals surface area contributed by atoms with Gasteiger partial charge in [0.1, 0.15) is 5.75 Å². The molecule has 3 rings (SSSR count). The van der Waals surface area contributed by atoms with E-state index in [9.17, 15) is 19.8 Å². The van der Waals surface area contributed by atoms with Crippen molar-refractivity contribution in [2.24, 2.45) is 0 Å². The molecule has 0 fully saturated rings. The van der Waals surface area contributed by atoms with Crippen molar-refractivity contribution in [2.75, 3.05) is 0 Å². The third-order valence-corrected chi connectivity index (χ3v) is 5.03. The van der Waals surface area contributed by atoms with E-state index in [0.29, 0.717) is 16.7 Å². The smallest absolute Gasteiger partial charge is 0.336 e. The summed E-state index contributed by atoms with van der Waals surface area (Å²) in [4.78, 5) is 24.0. The van der Waals surface area contributed by atoms with E-state index >= 15 is 0 Å². The number of hydrogen-bond donors (Lipinski definition) is 2. The summed E-state index contributed by atoms with van der Waals surface area (Å²) in [6, 6.07) is 10.4. The van der Waals surface area contributed by atoms with Gasteiger partial charge in [-0.05, 0) is 103 Å². The summed E-state index contributed by atoms with van der Waals surface area (Å²) in [5.41, 5.74) is 6.01. The van der Waals surface area contributed by atoms with Gasteiger partial charge in [0.2, 0.25) is 0 Å². The Kier molecular flexibility index (Phi) is 5.06. The first-order valence-corrected chi connectivity index (χ1v) is 8.99. The number of phenolic OH excluding ortho intramolecular Hbond substituents is 1. The molecule has 2 N–H and O–H groups in total. The fourth-order valence-electron chi connectivity index (χ4n) is 3.45. The van der Waals surface area contributed by atoms with E-state index in [2.05, 4.69) is 0 Å². The average molecular weight is 374 g/mol. The van der Waals surface area contributed by atoms with E-state index in [-0.39, 0.29) is 17.1 Å². The molecule has 28 heavy (non-hydrogen) atoms. The lowest BCUT2D eigenvalue weighted by atomic mass is 9.82. The first-order chi connectivity index (χ1) is 13.2. The van der Waals surface area contributed by atoms with E-state index in [1.807, 2.05) is 26.0 Å². The normalized spacial score (nSPS) is 15.8. The molecule has 0 heterocycles. The van der Waals surface area contributed by atoms with Crippen molar-refractivity contribution in [3.8, 4) is 5.75 Å². The summed E-state index contributed by atoms with van der Waals surface area (Å²) < 4.78 is 0. The van der Waals surface area contributed by atoms with Gasteiger partial charge in [0.25, 0.3) is 0 Å². The fourth-order valence-corrected chi connectivity index (χ4v) is 3.45. The number of ketones is 1. The SMILES string of the molecule is CC1=CC(=C(c2cc(C)c(O)cc2C)c2ccccc2C(=O)O)C(C)=CC1=O. The van der Waals surface area contributed by atoms with Crippen LogP contribution in [-0.2, 0) is 4.79 Å². The van der Waals surface area contributed by atoms with Crippen molar-refractivity contribution in [3.05, 3.63) is 93.1 Å². The molecule has 2 aromatic rings. The second-order valence-corrected chi connectivity index (χ2v) is 7.11. The first kappa shape index (κ1) is 19.4. The molecule has 142 valence electrons. The average Bonchev–Trinajstić information content (AvgIpc) is 2.64. The van der Waals surface area contributed by atoms with Gasteiger partial charge in [-0.1, -0.05) is 18.2 Å². The Morgan fingerprint density at radius 1 is 0.821 bits per heavy atom. The number of hydrogen-bond acceptors (Lipinski definition) is 3. The number of carboxylic acids is 1. The minimum Gasteiger partial charge on any atom is -0.508 e. The summed E-state index contributed by atoms with van der Waals surface area (Å²) in [6.07, 6.45) is 3.39. The van der Waals surface area contributed by atoms with E-state index in [0.717, 1.165) is 27.8 Å². The van der Waals surface area contributed by atoms with E-state index in [1.54, 1.807) is 50.3 Å². The van der Waals surface area contributed by atoms with E-state index in [4.69, 9.17) is 0 Å². The highest BCUT2D eigenvalue weighted by atomic mass is 16.4. The van der Waals surface area contributed by atoms with Crippen LogP contribution in [0.15, 0.2) is 65.3 Å². The minimum atomic E-state index is -1.02. The number of phenols is 1. The van der Waals surface area contributed by atoms with Crippen LogP contribution < -0.4 is 0 Å². The number of carbonyl (C=O) groups is 2. The van der Waals surface area contributed by atoms with Gasteiger partial charge in [-0.3, -0.25) is 4.79 Å². The van der Waals surface area contributed by atoms with Gasteiger partial charge < -0.3 is 10.2 Å². The molecule has 1 aliphatic rings. The number of aryl methyl sites for hydroxylation is 2. The third-order valence-electron chi connectivity index (χ3n) is 5.03. The van der Waals surface area contributed by atoms with Gasteiger partial charge in [-0.2, -0.15) is 0 Å². The van der Waals surface area contributed by atoms with Crippen LogP contribution in [0.2, 0.25) is 0 Å². The standard InChI is InChI=1S/C24H22O4/c1-13-11-21(25)15(3)9-19(13)23(17-7-5-6-8-18(17)24(27)28)20-10-16(4)22(26)12-14(20)2/h5-12,25H,1-4H3,(H,27,28). The maximum absolute atomic E-state index is 12.1. The predicted molar refractivity (Wildman–Crippen MR) is 110 cm³/mol. The van der Waals surface area contributed by atoms with Crippen LogP contribution in [0, 0.1) is 13.8 Å². The van der Waals surface area contributed by atoms with Crippen LogP contribution in [0.3, 0.4) is 0 Å². The number of carboxylic acid groups (broad SMARTS) is 1. The molecule has 4 nitrogen and oxygen atoms in total. The van der Waals surface area contributed by atoms with Crippen LogP contribution in [0.25, 0.3) is 5.57 Å². The summed E-state index contributed by atoms with van der Waals surface area (Å²) in [5.74, 6) is -0.878. The van der Waals surface area contributed by atoms with Crippen molar-refractivity contribution in [1.29, 1.82) is 0 Å². The summed E-state index contributed by atoms with van der Waals surface area (Å²) in [6.45, 7) is 7.28. The Balaban J connectivity index is 2.46. The topological polar surface area (TPSA) is 74.6 Å². The maximum atomic E-state index is 12.1. The lowest BCUT2D eigenvalue weighted by molar-refractivity contribution is -0.111. The van der Waals surface area contributed by atoms with Crippen molar-refractivity contribution in [2.45, 2.75) is 27.7 Å². The van der Waals surface area contributed by atoms with Crippen LogP contribution in [0.1, 0.15) is 46.5 Å². The molecule has 4 heteroatoms. The van der Waals surface area contributed by atoms with Crippen LogP contribution in [-0.4, -0.2) is 22.0 Å². The van der Waals surface area contributed by atoms with Gasteiger partial charge in [-0.25, -0.2) is 4.79 Å². The number of rotatable bonds is 3. The summed E-state index contributed by atoms with van der Waals surface area (Å²) >= 11 is 0. The third kappa shape index (κ3) is 3.41. The molecule has 0 atom stereocenters. The molecule has 1 aliphatic carbocycles. The van der Waals surface area contributed by atoms with Gasteiger partial charge in [-0.15, -0.1) is 0 Å². The quantitative estimate of drug-likeness (QED) is 0.794. The molecule has 0 radical (unpaired) electrons. The molecule has 0 bridgehead atoms. The van der Waals surface area contributed by atoms with Crippen molar-refractivity contribution in [1.82, 2.24) is 0 Å². The molecular formula is C24H22O4. The molecule has 0 amide bonds. The van der Waals surface area contributed by atoms with Crippen LogP contribution in [0.4, 0.5) is 0 Å². The molecule has 0 saturated carbocycles. The summed E-state index contributed by atoms with van der Waals surface area (Å²) in [5, 5.41) is 19.8. The number of benzene rings is 2. The number of aromatic carboxylic acids is 1.